The van der Waals surface area contributed by atoms with E-state index in [2.05, 4.69) is 43.0 Å². The van der Waals surface area contributed by atoms with Crippen LogP contribution in [0.1, 0.15) is 32.6 Å². The Morgan fingerprint density at radius 1 is 1.47 bits per heavy atom. The van der Waals surface area contributed by atoms with E-state index in [1.807, 2.05) is 0 Å². The topological polar surface area (TPSA) is 61.3 Å². The van der Waals surface area contributed by atoms with Crippen molar-refractivity contribution in [1.82, 2.24) is 9.97 Å². The molecule has 2 heterocycles. The Bertz CT molecular complexity index is 416. The number of halogens is 1. The molecule has 6 heteroatoms. The summed E-state index contributed by atoms with van der Waals surface area (Å²) in [5, 5.41) is 12.8. The van der Waals surface area contributed by atoms with E-state index in [4.69, 9.17) is 0 Å². The molecule has 1 unspecified atom stereocenters. The first kappa shape index (κ1) is 14.5. The third-order valence-electron chi connectivity index (χ3n) is 3.42. The molecule has 0 radical (unpaired) electrons. The molecular formula is C13H21BrN4O. The minimum absolute atomic E-state index is 0.166. The molecular weight excluding hydrogens is 308 g/mol. The molecule has 2 rings (SSSR count). The molecule has 1 aliphatic rings. The molecule has 0 bridgehead atoms. The van der Waals surface area contributed by atoms with E-state index in [1.54, 1.807) is 6.33 Å². The van der Waals surface area contributed by atoms with Crippen LogP contribution in [-0.2, 0) is 0 Å². The molecule has 1 aliphatic heterocycles. The molecule has 1 aromatic rings. The standard InChI is InChI=1S/C13H21BrN4O/c1-2-6-15-12-11(14)13(17-9-16-12)18-7-4-3-5-10(18)8-19/h9-10,19H,2-8H2,1H3,(H,15,16,17). The fraction of sp³-hybridized carbons (Fsp3) is 0.692. The normalized spacial score (nSPS) is 19.5. The Labute approximate surface area is 122 Å². The van der Waals surface area contributed by atoms with Crippen molar-refractivity contribution in [2.45, 2.75) is 38.6 Å². The molecule has 0 aromatic carbocycles. The average molecular weight is 329 g/mol. The molecule has 1 fully saturated rings. The zero-order valence-corrected chi connectivity index (χ0v) is 12.9. The van der Waals surface area contributed by atoms with Gasteiger partial charge in [0.25, 0.3) is 0 Å². The van der Waals surface area contributed by atoms with Gasteiger partial charge in [0.2, 0.25) is 0 Å². The first-order chi connectivity index (χ1) is 9.27. The molecule has 1 saturated heterocycles. The summed E-state index contributed by atoms with van der Waals surface area (Å²) in [6.45, 7) is 4.12. The van der Waals surface area contributed by atoms with Gasteiger partial charge in [-0.2, -0.15) is 0 Å². The maximum Gasteiger partial charge on any atom is 0.148 e. The minimum atomic E-state index is 0.166. The summed E-state index contributed by atoms with van der Waals surface area (Å²) in [6.07, 6.45) is 5.97. The Balaban J connectivity index is 2.22. The molecule has 19 heavy (non-hydrogen) atoms. The Hall–Kier alpha value is -0.880. The van der Waals surface area contributed by atoms with Gasteiger partial charge in [0, 0.05) is 13.1 Å². The number of nitrogens with zero attached hydrogens (tertiary/aromatic N) is 3. The molecule has 5 nitrogen and oxygen atoms in total. The van der Waals surface area contributed by atoms with E-state index in [1.165, 1.54) is 6.42 Å². The molecule has 1 aromatic heterocycles. The van der Waals surface area contributed by atoms with Crippen LogP contribution in [0.25, 0.3) is 0 Å². The quantitative estimate of drug-likeness (QED) is 0.869. The number of nitrogens with one attached hydrogen (secondary N) is 1. The summed E-state index contributed by atoms with van der Waals surface area (Å²) in [5.74, 6) is 1.71. The number of rotatable bonds is 5. The molecule has 1 atom stereocenters. The van der Waals surface area contributed by atoms with Crippen molar-refractivity contribution in [3.05, 3.63) is 10.8 Å². The van der Waals surface area contributed by atoms with Crippen LogP contribution in [0.2, 0.25) is 0 Å². The smallest absolute Gasteiger partial charge is 0.148 e. The van der Waals surface area contributed by atoms with Gasteiger partial charge in [-0.05, 0) is 41.6 Å². The van der Waals surface area contributed by atoms with Gasteiger partial charge in [-0.25, -0.2) is 9.97 Å². The maximum atomic E-state index is 9.51. The number of hydrogen-bond donors (Lipinski definition) is 2. The van der Waals surface area contributed by atoms with Crippen molar-refractivity contribution < 1.29 is 5.11 Å². The number of hydrogen-bond acceptors (Lipinski definition) is 5. The lowest BCUT2D eigenvalue weighted by Crippen LogP contribution is -2.42. The molecule has 2 N–H and O–H groups in total. The number of aromatic nitrogens is 2. The monoisotopic (exact) mass is 328 g/mol. The molecule has 106 valence electrons. The van der Waals surface area contributed by atoms with E-state index >= 15 is 0 Å². The average Bonchev–Trinajstić information content (AvgIpc) is 2.46. The van der Waals surface area contributed by atoms with Crippen LogP contribution in [0.3, 0.4) is 0 Å². The predicted molar refractivity (Wildman–Crippen MR) is 80.6 cm³/mol. The number of aliphatic hydroxyl groups is 1. The highest BCUT2D eigenvalue weighted by molar-refractivity contribution is 9.10. The van der Waals surface area contributed by atoms with Gasteiger partial charge < -0.3 is 15.3 Å². The predicted octanol–water partition coefficient (Wildman–Crippen LogP) is 2.41. The first-order valence-electron chi connectivity index (χ1n) is 6.89. The van der Waals surface area contributed by atoms with Crippen LogP contribution in [-0.4, -0.2) is 40.8 Å². The van der Waals surface area contributed by atoms with Gasteiger partial charge in [0.05, 0.1) is 12.6 Å². The van der Waals surface area contributed by atoms with E-state index in [9.17, 15) is 5.11 Å². The van der Waals surface area contributed by atoms with Gasteiger partial charge in [0.15, 0.2) is 0 Å². The van der Waals surface area contributed by atoms with Gasteiger partial charge in [-0.15, -0.1) is 0 Å². The van der Waals surface area contributed by atoms with Crippen molar-refractivity contribution in [3.63, 3.8) is 0 Å². The lowest BCUT2D eigenvalue weighted by atomic mass is 10.0. The van der Waals surface area contributed by atoms with Crippen molar-refractivity contribution in [2.24, 2.45) is 0 Å². The molecule has 0 amide bonds. The molecule has 0 saturated carbocycles. The van der Waals surface area contributed by atoms with E-state index < -0.39 is 0 Å². The highest BCUT2D eigenvalue weighted by atomic mass is 79.9. The third-order valence-corrected chi connectivity index (χ3v) is 4.15. The van der Waals surface area contributed by atoms with Crippen LogP contribution in [0.5, 0.6) is 0 Å². The minimum Gasteiger partial charge on any atom is -0.394 e. The summed E-state index contributed by atoms with van der Waals surface area (Å²) < 4.78 is 0.892. The Kier molecular flexibility index (Phi) is 5.39. The largest absolute Gasteiger partial charge is 0.394 e. The van der Waals surface area contributed by atoms with E-state index in [0.717, 1.165) is 48.5 Å². The molecule has 0 aliphatic carbocycles. The second kappa shape index (κ2) is 7.05. The highest BCUT2D eigenvalue weighted by Crippen LogP contribution is 2.33. The lowest BCUT2D eigenvalue weighted by Gasteiger charge is -2.36. The van der Waals surface area contributed by atoms with E-state index in [0.29, 0.717) is 0 Å². The van der Waals surface area contributed by atoms with Crippen LogP contribution < -0.4 is 10.2 Å². The zero-order valence-electron chi connectivity index (χ0n) is 11.3. The summed E-state index contributed by atoms with van der Waals surface area (Å²) in [4.78, 5) is 10.8. The summed E-state index contributed by atoms with van der Waals surface area (Å²) in [7, 11) is 0. The Morgan fingerprint density at radius 3 is 3.05 bits per heavy atom. The summed E-state index contributed by atoms with van der Waals surface area (Å²) in [5.41, 5.74) is 0. The number of anilines is 2. The van der Waals surface area contributed by atoms with Crippen LogP contribution in [0.4, 0.5) is 11.6 Å². The van der Waals surface area contributed by atoms with Gasteiger partial charge in [0.1, 0.15) is 22.4 Å². The first-order valence-corrected chi connectivity index (χ1v) is 7.69. The SMILES string of the molecule is CCCNc1ncnc(N2CCCCC2CO)c1Br. The second-order valence-corrected chi connectivity index (χ2v) is 5.61. The van der Waals surface area contributed by atoms with Gasteiger partial charge >= 0.3 is 0 Å². The fourth-order valence-electron chi connectivity index (χ4n) is 2.40. The lowest BCUT2D eigenvalue weighted by molar-refractivity contribution is 0.239. The number of aliphatic hydroxyl groups excluding tert-OH is 1. The van der Waals surface area contributed by atoms with Crippen LogP contribution in [0, 0.1) is 0 Å². The second-order valence-electron chi connectivity index (χ2n) is 4.81. The van der Waals surface area contributed by atoms with Crippen molar-refractivity contribution in [2.75, 3.05) is 29.9 Å². The zero-order chi connectivity index (χ0) is 13.7. The van der Waals surface area contributed by atoms with Crippen molar-refractivity contribution >= 4 is 27.6 Å². The summed E-state index contributed by atoms with van der Waals surface area (Å²) >= 11 is 3.59. The summed E-state index contributed by atoms with van der Waals surface area (Å²) in [6, 6.07) is 0.166. The van der Waals surface area contributed by atoms with Crippen molar-refractivity contribution in [1.29, 1.82) is 0 Å². The van der Waals surface area contributed by atoms with Crippen molar-refractivity contribution in [3.8, 4) is 0 Å². The van der Waals surface area contributed by atoms with Gasteiger partial charge in [-0.3, -0.25) is 0 Å². The van der Waals surface area contributed by atoms with Crippen LogP contribution >= 0.6 is 15.9 Å². The van der Waals surface area contributed by atoms with Gasteiger partial charge in [-0.1, -0.05) is 6.92 Å². The van der Waals surface area contributed by atoms with E-state index in [-0.39, 0.29) is 12.6 Å². The highest BCUT2D eigenvalue weighted by Gasteiger charge is 2.25. The number of piperidine rings is 1. The Morgan fingerprint density at radius 2 is 2.32 bits per heavy atom. The fourth-order valence-corrected chi connectivity index (χ4v) is 2.97. The van der Waals surface area contributed by atoms with Crippen LogP contribution in [0.15, 0.2) is 10.8 Å². The maximum absolute atomic E-state index is 9.51. The third kappa shape index (κ3) is 3.36. The molecule has 0 spiro atoms.